The molecule has 0 fully saturated rings. The van der Waals surface area contributed by atoms with Gasteiger partial charge < -0.3 is 10.2 Å². The molecule has 0 saturated heterocycles. The van der Waals surface area contributed by atoms with Gasteiger partial charge in [-0.1, -0.05) is 47.3 Å². The Labute approximate surface area is 139 Å². The first-order valence-electron chi connectivity index (χ1n) is 6.56. The highest BCUT2D eigenvalue weighted by Gasteiger charge is 2.02. The van der Waals surface area contributed by atoms with Crippen LogP contribution in [0.2, 0.25) is 10.0 Å². The van der Waals surface area contributed by atoms with Crippen molar-refractivity contribution in [3.63, 3.8) is 0 Å². The van der Waals surface area contributed by atoms with Gasteiger partial charge in [0, 0.05) is 15.6 Å². The summed E-state index contributed by atoms with van der Waals surface area (Å²) in [5.74, 6) is 3.05. The molecule has 0 aromatic heterocycles. The maximum absolute atomic E-state index is 6.08. The standard InChI is InChI=1S/C17H14Cl2N2O/c1-2-9-22-17-8-7-15(18)10-14(17)12-21-20-11-13-5-3-4-6-16(13)19/h1,3-8,10,12,20H,9,11H2/b21-12-. The number of ether oxygens (including phenoxy) is 1. The van der Waals surface area contributed by atoms with Crippen molar-refractivity contribution >= 4 is 29.4 Å². The molecule has 0 unspecified atom stereocenters. The second-order valence-corrected chi connectivity index (χ2v) is 5.20. The van der Waals surface area contributed by atoms with Gasteiger partial charge >= 0.3 is 0 Å². The molecule has 0 atom stereocenters. The maximum Gasteiger partial charge on any atom is 0.148 e. The van der Waals surface area contributed by atoms with Gasteiger partial charge in [-0.25, -0.2) is 0 Å². The van der Waals surface area contributed by atoms with Crippen molar-refractivity contribution < 1.29 is 4.74 Å². The number of nitrogens with zero attached hydrogens (tertiary/aromatic N) is 1. The molecule has 2 aromatic carbocycles. The first kappa shape index (κ1) is 16.2. The summed E-state index contributed by atoms with van der Waals surface area (Å²) in [5.41, 5.74) is 4.65. The van der Waals surface area contributed by atoms with E-state index in [-0.39, 0.29) is 6.61 Å². The van der Waals surface area contributed by atoms with Crippen molar-refractivity contribution in [2.75, 3.05) is 6.61 Å². The van der Waals surface area contributed by atoms with Crippen LogP contribution in [0, 0.1) is 12.3 Å². The van der Waals surface area contributed by atoms with Crippen LogP contribution in [0.4, 0.5) is 0 Å². The van der Waals surface area contributed by atoms with Gasteiger partial charge in [0.1, 0.15) is 12.4 Å². The summed E-state index contributed by atoms with van der Waals surface area (Å²) in [6.45, 7) is 0.715. The summed E-state index contributed by atoms with van der Waals surface area (Å²) in [5, 5.41) is 5.46. The minimum Gasteiger partial charge on any atom is -0.480 e. The molecule has 0 saturated carbocycles. The lowest BCUT2D eigenvalue weighted by Crippen LogP contribution is -2.06. The first-order valence-corrected chi connectivity index (χ1v) is 7.31. The molecule has 112 valence electrons. The Morgan fingerprint density at radius 2 is 2.05 bits per heavy atom. The summed E-state index contributed by atoms with van der Waals surface area (Å²) in [7, 11) is 0. The van der Waals surface area contributed by atoms with Crippen LogP contribution in [0.25, 0.3) is 0 Å². The van der Waals surface area contributed by atoms with Crippen molar-refractivity contribution in [3.8, 4) is 18.1 Å². The highest BCUT2D eigenvalue weighted by atomic mass is 35.5. The molecule has 0 heterocycles. The van der Waals surface area contributed by atoms with E-state index < -0.39 is 0 Å². The summed E-state index contributed by atoms with van der Waals surface area (Å²) < 4.78 is 5.44. The zero-order valence-corrected chi connectivity index (χ0v) is 13.2. The summed E-state index contributed by atoms with van der Waals surface area (Å²) in [6, 6.07) is 12.8. The highest BCUT2D eigenvalue weighted by molar-refractivity contribution is 6.31. The van der Waals surface area contributed by atoms with Crippen molar-refractivity contribution in [2.24, 2.45) is 5.10 Å². The lowest BCUT2D eigenvalue weighted by atomic mass is 10.2. The Morgan fingerprint density at radius 1 is 1.23 bits per heavy atom. The fraction of sp³-hybridized carbons (Fsp3) is 0.118. The van der Waals surface area contributed by atoms with E-state index >= 15 is 0 Å². The smallest absolute Gasteiger partial charge is 0.148 e. The summed E-state index contributed by atoms with van der Waals surface area (Å²) in [4.78, 5) is 0. The van der Waals surface area contributed by atoms with Gasteiger partial charge in [-0.15, -0.1) is 6.42 Å². The monoisotopic (exact) mass is 332 g/mol. The Kier molecular flexibility index (Phi) is 6.14. The molecule has 22 heavy (non-hydrogen) atoms. The molecule has 3 nitrogen and oxygen atoms in total. The SMILES string of the molecule is C#CCOc1ccc(Cl)cc1/C=N\NCc1ccccc1Cl. The maximum atomic E-state index is 6.08. The van der Waals surface area contributed by atoms with Crippen molar-refractivity contribution in [1.29, 1.82) is 0 Å². The van der Waals surface area contributed by atoms with E-state index in [2.05, 4.69) is 16.4 Å². The lowest BCUT2D eigenvalue weighted by Gasteiger charge is -2.07. The fourth-order valence-electron chi connectivity index (χ4n) is 1.76. The number of hydrazone groups is 1. The van der Waals surface area contributed by atoms with E-state index in [1.165, 1.54) is 0 Å². The number of rotatable bonds is 6. The number of hydrogen-bond donors (Lipinski definition) is 1. The average Bonchev–Trinajstić information content (AvgIpc) is 2.52. The van der Waals surface area contributed by atoms with Crippen molar-refractivity contribution in [1.82, 2.24) is 5.43 Å². The third kappa shape index (κ3) is 4.70. The predicted octanol–water partition coefficient (Wildman–Crippen LogP) is 4.13. The zero-order chi connectivity index (χ0) is 15.8. The molecule has 1 N–H and O–H groups in total. The molecular formula is C17H14Cl2N2O. The molecule has 0 aliphatic carbocycles. The number of hydrogen-bond acceptors (Lipinski definition) is 3. The van der Waals surface area contributed by atoms with Crippen LogP contribution in [0.5, 0.6) is 5.75 Å². The predicted molar refractivity (Wildman–Crippen MR) is 91.7 cm³/mol. The molecule has 2 aromatic rings. The first-order chi connectivity index (χ1) is 10.7. The van der Waals surface area contributed by atoms with E-state index in [1.54, 1.807) is 24.4 Å². The highest BCUT2D eigenvalue weighted by Crippen LogP contribution is 2.21. The Balaban J connectivity index is 2.02. The molecule has 0 aliphatic heterocycles. The Morgan fingerprint density at radius 3 is 2.82 bits per heavy atom. The van der Waals surface area contributed by atoms with Gasteiger partial charge in [0.2, 0.25) is 0 Å². The van der Waals surface area contributed by atoms with Crippen LogP contribution in [-0.4, -0.2) is 12.8 Å². The Bertz CT molecular complexity index is 708. The molecule has 0 bridgehead atoms. The van der Waals surface area contributed by atoms with Crippen LogP contribution in [0.15, 0.2) is 47.6 Å². The summed E-state index contributed by atoms with van der Waals surface area (Å²) >= 11 is 12.1. The minimum absolute atomic E-state index is 0.190. The zero-order valence-electron chi connectivity index (χ0n) is 11.7. The van der Waals surface area contributed by atoms with Crippen LogP contribution in [0.1, 0.15) is 11.1 Å². The van der Waals surface area contributed by atoms with Gasteiger partial charge in [0.05, 0.1) is 12.8 Å². The largest absolute Gasteiger partial charge is 0.480 e. The van der Waals surface area contributed by atoms with Gasteiger partial charge in [-0.05, 0) is 29.8 Å². The number of halogens is 2. The quantitative estimate of drug-likeness (QED) is 0.490. The fourth-order valence-corrected chi connectivity index (χ4v) is 2.14. The molecule has 0 amide bonds. The average molecular weight is 333 g/mol. The summed E-state index contributed by atoms with van der Waals surface area (Å²) in [6.07, 6.45) is 6.83. The molecule has 5 heteroatoms. The van der Waals surface area contributed by atoms with E-state index in [9.17, 15) is 0 Å². The van der Waals surface area contributed by atoms with Crippen LogP contribution in [-0.2, 0) is 6.54 Å². The molecule has 0 aliphatic rings. The van der Waals surface area contributed by atoms with Crippen molar-refractivity contribution in [3.05, 3.63) is 63.6 Å². The molecular weight excluding hydrogens is 319 g/mol. The van der Waals surface area contributed by atoms with Gasteiger partial charge in [0.15, 0.2) is 0 Å². The normalized spacial score (nSPS) is 10.4. The van der Waals surface area contributed by atoms with Crippen LogP contribution >= 0.6 is 23.2 Å². The topological polar surface area (TPSA) is 33.6 Å². The Hall–Kier alpha value is -2.15. The number of nitrogens with one attached hydrogen (secondary N) is 1. The van der Waals surface area contributed by atoms with Gasteiger partial charge in [0.25, 0.3) is 0 Å². The number of terminal acetylenes is 1. The third-order valence-corrected chi connectivity index (χ3v) is 3.41. The van der Waals surface area contributed by atoms with E-state index in [0.717, 1.165) is 11.1 Å². The number of benzene rings is 2. The lowest BCUT2D eigenvalue weighted by molar-refractivity contribution is 0.370. The van der Waals surface area contributed by atoms with E-state index in [0.29, 0.717) is 22.3 Å². The van der Waals surface area contributed by atoms with Crippen LogP contribution < -0.4 is 10.2 Å². The second-order valence-electron chi connectivity index (χ2n) is 4.36. The van der Waals surface area contributed by atoms with E-state index in [1.807, 2.05) is 24.3 Å². The minimum atomic E-state index is 0.190. The third-order valence-electron chi connectivity index (χ3n) is 2.81. The van der Waals surface area contributed by atoms with Crippen molar-refractivity contribution in [2.45, 2.75) is 6.54 Å². The van der Waals surface area contributed by atoms with Crippen LogP contribution in [0.3, 0.4) is 0 Å². The molecule has 0 radical (unpaired) electrons. The molecule has 0 spiro atoms. The molecule has 2 rings (SSSR count). The second kappa shape index (κ2) is 8.33. The van der Waals surface area contributed by atoms with E-state index in [4.69, 9.17) is 34.4 Å². The van der Waals surface area contributed by atoms with Gasteiger partial charge in [-0.3, -0.25) is 0 Å². The van der Waals surface area contributed by atoms with Gasteiger partial charge in [-0.2, -0.15) is 5.10 Å².